The second-order valence-electron chi connectivity index (χ2n) is 9.53. The Morgan fingerprint density at radius 2 is 1.77 bits per heavy atom. The third kappa shape index (κ3) is 6.42. The van der Waals surface area contributed by atoms with Gasteiger partial charge in [-0.25, -0.2) is 4.98 Å². The Hall–Kier alpha value is -4.40. The first-order valence-electron chi connectivity index (χ1n) is 12.8. The predicted molar refractivity (Wildman–Crippen MR) is 145 cm³/mol. The second-order valence-corrected chi connectivity index (χ2v) is 9.53. The molecule has 8 nitrogen and oxygen atoms in total. The van der Waals surface area contributed by atoms with Crippen LogP contribution in [0, 0.1) is 11.8 Å². The number of nitrogens with one attached hydrogen (secondary N) is 2. The number of hydrogen-bond donors (Lipinski definition) is 3. The van der Waals surface area contributed by atoms with Gasteiger partial charge in [0.2, 0.25) is 0 Å². The minimum atomic E-state index is -4.60. The van der Waals surface area contributed by atoms with Crippen molar-refractivity contribution in [2.75, 3.05) is 38.0 Å². The number of H-pyrrole nitrogens is 1. The van der Waals surface area contributed by atoms with Crippen molar-refractivity contribution in [1.29, 1.82) is 0 Å². The van der Waals surface area contributed by atoms with E-state index in [2.05, 4.69) is 43.9 Å². The van der Waals surface area contributed by atoms with Crippen LogP contribution in [0.2, 0.25) is 0 Å². The molecule has 1 aliphatic rings. The van der Waals surface area contributed by atoms with E-state index in [4.69, 9.17) is 0 Å². The molecular formula is C29H27F3N6O2. The first kappa shape index (κ1) is 27.2. The van der Waals surface area contributed by atoms with Crippen molar-refractivity contribution >= 4 is 22.8 Å². The van der Waals surface area contributed by atoms with E-state index in [1.165, 1.54) is 30.5 Å². The van der Waals surface area contributed by atoms with E-state index in [9.17, 15) is 23.1 Å². The number of hydrogen-bond acceptors (Lipinski definition) is 6. The van der Waals surface area contributed by atoms with Crippen LogP contribution in [0.3, 0.4) is 0 Å². The zero-order valence-corrected chi connectivity index (χ0v) is 21.7. The lowest BCUT2D eigenvalue weighted by molar-refractivity contribution is -0.138. The number of piperazine rings is 1. The Bertz CT molecular complexity index is 1600. The van der Waals surface area contributed by atoms with Gasteiger partial charge >= 0.3 is 6.18 Å². The van der Waals surface area contributed by atoms with Crippen molar-refractivity contribution in [2.45, 2.75) is 19.6 Å². The molecule has 0 radical (unpaired) electrons. The van der Waals surface area contributed by atoms with Crippen molar-refractivity contribution in [3.63, 3.8) is 0 Å². The third-order valence-corrected chi connectivity index (χ3v) is 6.79. The van der Waals surface area contributed by atoms with Gasteiger partial charge < -0.3 is 20.3 Å². The molecule has 0 aliphatic carbocycles. The molecule has 1 aromatic carbocycles. The molecule has 4 heterocycles. The average Bonchev–Trinajstić information content (AvgIpc) is 3.31. The molecule has 0 bridgehead atoms. The number of alkyl halides is 3. The van der Waals surface area contributed by atoms with Crippen molar-refractivity contribution in [1.82, 2.24) is 24.8 Å². The van der Waals surface area contributed by atoms with E-state index < -0.39 is 17.6 Å². The summed E-state index contributed by atoms with van der Waals surface area (Å²) in [6.07, 6.45) is -1.58. The van der Waals surface area contributed by atoms with Gasteiger partial charge in [0.15, 0.2) is 5.88 Å². The van der Waals surface area contributed by atoms with Crippen LogP contribution in [0.25, 0.3) is 11.0 Å². The summed E-state index contributed by atoms with van der Waals surface area (Å²) in [4.78, 5) is 28.2. The van der Waals surface area contributed by atoms with Crippen LogP contribution in [0.1, 0.15) is 39.5 Å². The largest absolute Gasteiger partial charge is 0.495 e. The van der Waals surface area contributed by atoms with Gasteiger partial charge in [0.25, 0.3) is 5.91 Å². The molecule has 3 aromatic heterocycles. The van der Waals surface area contributed by atoms with Gasteiger partial charge in [-0.05, 0) is 42.4 Å². The number of aromatic amines is 1. The van der Waals surface area contributed by atoms with Crippen molar-refractivity contribution in [2.24, 2.45) is 0 Å². The number of amides is 1. The van der Waals surface area contributed by atoms with Crippen LogP contribution < -0.4 is 5.32 Å². The predicted octanol–water partition coefficient (Wildman–Crippen LogP) is 4.47. The van der Waals surface area contributed by atoms with Crippen molar-refractivity contribution in [3.05, 3.63) is 82.7 Å². The summed E-state index contributed by atoms with van der Waals surface area (Å²) in [5.74, 6) is 5.37. The van der Waals surface area contributed by atoms with Crippen molar-refractivity contribution < 1.29 is 23.1 Å². The Kier molecular flexibility index (Phi) is 7.73. The molecule has 4 aromatic rings. The SMILES string of the molecule is CCN1CCN(Cc2ccc(C(=O)Nc3cc(C#Cc4cnc5cc(O)[nH]c5c4)ccn3)cc2C(F)(F)F)CC1. The first-order chi connectivity index (χ1) is 19.2. The van der Waals surface area contributed by atoms with Crippen LogP contribution in [-0.2, 0) is 12.7 Å². The van der Waals surface area contributed by atoms with Crippen LogP contribution in [0.15, 0.2) is 54.9 Å². The minimum absolute atomic E-state index is 0.00425. The highest BCUT2D eigenvalue weighted by atomic mass is 19.4. The van der Waals surface area contributed by atoms with E-state index in [0.717, 1.165) is 25.7 Å². The highest BCUT2D eigenvalue weighted by molar-refractivity contribution is 6.04. The Morgan fingerprint density at radius 1 is 1.02 bits per heavy atom. The molecule has 11 heteroatoms. The number of rotatable bonds is 5. The van der Waals surface area contributed by atoms with E-state index in [1.807, 2.05) is 4.90 Å². The normalized spacial score (nSPS) is 14.6. The van der Waals surface area contributed by atoms with E-state index in [0.29, 0.717) is 35.2 Å². The number of benzene rings is 1. The maximum atomic E-state index is 13.9. The van der Waals surface area contributed by atoms with Crippen LogP contribution in [0.4, 0.5) is 19.0 Å². The van der Waals surface area contributed by atoms with E-state index >= 15 is 0 Å². The number of anilines is 1. The summed E-state index contributed by atoms with van der Waals surface area (Å²) < 4.78 is 41.8. The standard InChI is InChI=1S/C29H27F3N6O2/c1-2-37-9-11-38(12-10-37)18-22-6-5-21(15-23(22)29(30,31)32)28(40)36-26-14-19(7-8-33-26)3-4-20-13-25-24(34-17-20)16-27(39)35-25/h5-8,13-17,35,39H,2,9-12,18H2,1H3,(H,33,36,40). The number of likely N-dealkylation sites (N-methyl/N-ethyl adjacent to an activating group) is 1. The fourth-order valence-corrected chi connectivity index (χ4v) is 4.60. The Morgan fingerprint density at radius 3 is 2.52 bits per heavy atom. The van der Waals surface area contributed by atoms with E-state index in [-0.39, 0.29) is 29.4 Å². The van der Waals surface area contributed by atoms with Crippen LogP contribution in [-0.4, -0.2) is 68.5 Å². The summed E-state index contributed by atoms with van der Waals surface area (Å²) in [6, 6.07) is 10.1. The van der Waals surface area contributed by atoms with Crippen LogP contribution in [0.5, 0.6) is 5.88 Å². The number of carbonyl (C=O) groups is 1. The lowest BCUT2D eigenvalue weighted by atomic mass is 10.0. The maximum absolute atomic E-state index is 13.9. The third-order valence-electron chi connectivity index (χ3n) is 6.79. The van der Waals surface area contributed by atoms with Gasteiger partial charge in [-0.2, -0.15) is 13.2 Å². The Balaban J connectivity index is 1.30. The fraction of sp³-hybridized carbons (Fsp3) is 0.276. The molecule has 0 unspecified atom stereocenters. The van der Waals surface area contributed by atoms with Gasteiger partial charge in [0, 0.05) is 67.9 Å². The summed E-state index contributed by atoms with van der Waals surface area (Å²) >= 11 is 0. The van der Waals surface area contributed by atoms with Gasteiger partial charge in [0.05, 0.1) is 16.6 Å². The number of aromatic hydroxyl groups is 1. The molecule has 1 fully saturated rings. The molecular weight excluding hydrogens is 521 g/mol. The monoisotopic (exact) mass is 548 g/mol. The number of carbonyl (C=O) groups excluding carboxylic acids is 1. The lowest BCUT2D eigenvalue weighted by Crippen LogP contribution is -2.45. The molecule has 1 saturated heterocycles. The zero-order chi connectivity index (χ0) is 28.3. The lowest BCUT2D eigenvalue weighted by Gasteiger charge is -2.34. The summed E-state index contributed by atoms with van der Waals surface area (Å²) in [7, 11) is 0. The fourth-order valence-electron chi connectivity index (χ4n) is 4.60. The number of pyridine rings is 2. The number of fused-ring (bicyclic) bond motifs is 1. The molecule has 0 saturated carbocycles. The van der Waals surface area contributed by atoms with Crippen molar-refractivity contribution in [3.8, 4) is 17.7 Å². The molecule has 206 valence electrons. The molecule has 1 amide bonds. The number of halogens is 3. The topological polar surface area (TPSA) is 97.4 Å². The molecule has 0 atom stereocenters. The maximum Gasteiger partial charge on any atom is 0.416 e. The van der Waals surface area contributed by atoms with Gasteiger partial charge in [-0.1, -0.05) is 24.8 Å². The Labute approximate surface area is 228 Å². The van der Waals surface area contributed by atoms with E-state index in [1.54, 1.807) is 18.3 Å². The molecule has 5 rings (SSSR count). The highest BCUT2D eigenvalue weighted by Crippen LogP contribution is 2.33. The number of nitrogens with zero attached hydrogens (tertiary/aromatic N) is 4. The molecule has 40 heavy (non-hydrogen) atoms. The van der Waals surface area contributed by atoms with Gasteiger partial charge in [-0.15, -0.1) is 0 Å². The minimum Gasteiger partial charge on any atom is -0.495 e. The summed E-state index contributed by atoms with van der Waals surface area (Å²) in [5.41, 5.74) is 1.60. The quantitative estimate of drug-likeness (QED) is 0.319. The highest BCUT2D eigenvalue weighted by Gasteiger charge is 2.34. The zero-order valence-electron chi connectivity index (χ0n) is 21.7. The first-order valence-corrected chi connectivity index (χ1v) is 12.8. The average molecular weight is 549 g/mol. The second kappa shape index (κ2) is 11.4. The molecule has 3 N–H and O–H groups in total. The van der Waals surface area contributed by atoms with Crippen LogP contribution >= 0.6 is 0 Å². The molecule has 1 aliphatic heterocycles. The smallest absolute Gasteiger partial charge is 0.416 e. The summed E-state index contributed by atoms with van der Waals surface area (Å²) in [5, 5.41) is 12.1. The van der Waals surface area contributed by atoms with Gasteiger partial charge in [-0.3, -0.25) is 14.7 Å². The van der Waals surface area contributed by atoms with Gasteiger partial charge in [0.1, 0.15) is 5.82 Å². The molecule has 0 spiro atoms. The summed E-state index contributed by atoms with van der Waals surface area (Å²) in [6.45, 7) is 6.18. The number of aromatic nitrogens is 3.